The lowest BCUT2D eigenvalue weighted by Crippen LogP contribution is -2.04. The van der Waals surface area contributed by atoms with E-state index in [1.807, 2.05) is 24.3 Å². The number of halogens is 2. The van der Waals surface area contributed by atoms with Crippen molar-refractivity contribution in [1.29, 1.82) is 0 Å². The van der Waals surface area contributed by atoms with E-state index in [2.05, 4.69) is 36.5 Å². The van der Waals surface area contributed by atoms with E-state index in [1.165, 1.54) is 0 Å². The molecule has 0 unspecified atom stereocenters. The Morgan fingerprint density at radius 1 is 1.26 bits per heavy atom. The predicted octanol–water partition coefficient (Wildman–Crippen LogP) is 5.77. The van der Waals surface area contributed by atoms with E-state index in [0.717, 1.165) is 15.4 Å². The molecule has 0 saturated carbocycles. The molecule has 1 heterocycles. The number of nitrogens with one attached hydrogen (secondary N) is 2. The number of benzene rings is 2. The Hall–Kier alpha value is -1.96. The first kappa shape index (κ1) is 15.9. The van der Waals surface area contributed by atoms with Gasteiger partial charge in [-0.05, 0) is 52.4 Å². The number of aromatic amines is 1. The molecule has 0 spiro atoms. The summed E-state index contributed by atoms with van der Waals surface area (Å²) >= 11 is 14.4. The normalized spacial score (nSPS) is 11.2. The Morgan fingerprint density at radius 2 is 2.04 bits per heavy atom. The third kappa shape index (κ3) is 3.52. The van der Waals surface area contributed by atoms with E-state index in [4.69, 9.17) is 23.8 Å². The Balaban J connectivity index is 1.84. The molecule has 0 aliphatic carbocycles. The van der Waals surface area contributed by atoms with Crippen molar-refractivity contribution < 1.29 is 5.11 Å². The molecule has 5 nitrogen and oxygen atoms in total. The monoisotopic (exact) mass is 408 g/mol. The number of para-hydroxylation sites is 1. The van der Waals surface area contributed by atoms with Gasteiger partial charge in [-0.1, -0.05) is 29.8 Å². The second-order valence-electron chi connectivity index (χ2n) is 4.63. The molecule has 0 saturated heterocycles. The third-order valence-corrected chi connectivity index (χ3v) is 4.13. The third-order valence-electron chi connectivity index (χ3n) is 3.05. The van der Waals surface area contributed by atoms with Gasteiger partial charge < -0.3 is 15.4 Å². The molecule has 0 amide bonds. The molecule has 0 atom stereocenters. The molecular weight excluding hydrogens is 400 g/mol. The Kier molecular flexibility index (Phi) is 4.61. The van der Waals surface area contributed by atoms with E-state index in [0.29, 0.717) is 16.4 Å². The van der Waals surface area contributed by atoms with Crippen LogP contribution < -0.4 is 5.32 Å². The summed E-state index contributed by atoms with van der Waals surface area (Å²) in [7, 11) is 0. The lowest BCUT2D eigenvalue weighted by molar-refractivity contribution is 0.459. The Labute approximate surface area is 150 Å². The van der Waals surface area contributed by atoms with E-state index >= 15 is 0 Å². The molecule has 23 heavy (non-hydrogen) atoms. The first-order valence-electron chi connectivity index (χ1n) is 6.52. The highest BCUT2D eigenvalue weighted by atomic mass is 79.9. The molecule has 0 fully saturated rings. The molecule has 0 aliphatic rings. The van der Waals surface area contributed by atoms with Crippen molar-refractivity contribution in [3.63, 3.8) is 0 Å². The van der Waals surface area contributed by atoms with Gasteiger partial charge in [-0.25, -0.2) is 0 Å². The summed E-state index contributed by atoms with van der Waals surface area (Å²) in [6.45, 7) is 0. The average Bonchev–Trinajstić information content (AvgIpc) is 2.82. The number of hydrogen-bond acceptors (Lipinski definition) is 3. The maximum absolute atomic E-state index is 9.99. The van der Waals surface area contributed by atoms with Crippen LogP contribution in [0, 0.1) is 0 Å². The predicted molar refractivity (Wildman–Crippen MR) is 99.9 cm³/mol. The minimum Gasteiger partial charge on any atom is -0.493 e. The number of aromatic nitrogens is 1. The van der Waals surface area contributed by atoms with Crippen molar-refractivity contribution in [2.75, 3.05) is 5.32 Å². The number of thiocarbonyl (C=S) groups is 1. The Morgan fingerprint density at radius 3 is 2.83 bits per heavy atom. The molecular formula is C15H10BrClN4OS. The highest BCUT2D eigenvalue weighted by molar-refractivity contribution is 9.10. The highest BCUT2D eigenvalue weighted by Gasteiger charge is 2.12. The molecule has 1 aromatic heterocycles. The summed E-state index contributed by atoms with van der Waals surface area (Å²) in [5, 5.41) is 22.4. The van der Waals surface area contributed by atoms with Crippen molar-refractivity contribution >= 4 is 67.1 Å². The standard InChI is InChI=1S/C15H10BrClN4OS/c16-11-6-2-5-10-12(11)19-14(22)13(10)20-21-15(23)18-9-4-1-3-8(17)7-9/h1-7,19,22H,(H,18,23). The number of fused-ring (bicyclic) bond motifs is 1. The molecule has 0 aliphatic heterocycles. The van der Waals surface area contributed by atoms with Crippen LogP contribution in [0.3, 0.4) is 0 Å². The second-order valence-corrected chi connectivity index (χ2v) is 6.30. The first-order valence-corrected chi connectivity index (χ1v) is 8.10. The molecule has 0 radical (unpaired) electrons. The number of azo groups is 1. The van der Waals surface area contributed by atoms with Crippen LogP contribution in [0.2, 0.25) is 5.02 Å². The molecule has 0 bridgehead atoms. The zero-order valence-electron chi connectivity index (χ0n) is 11.5. The van der Waals surface area contributed by atoms with Gasteiger partial charge in [-0.15, -0.1) is 10.2 Å². The minimum absolute atomic E-state index is 0.0683. The number of H-pyrrole nitrogens is 1. The fourth-order valence-corrected chi connectivity index (χ4v) is 2.88. The van der Waals surface area contributed by atoms with Crippen LogP contribution in [0.15, 0.2) is 57.2 Å². The van der Waals surface area contributed by atoms with E-state index < -0.39 is 0 Å². The van der Waals surface area contributed by atoms with E-state index in [9.17, 15) is 5.11 Å². The fourth-order valence-electron chi connectivity index (χ4n) is 2.07. The molecule has 3 rings (SSSR count). The molecule has 116 valence electrons. The lowest BCUT2D eigenvalue weighted by Gasteiger charge is -2.02. The van der Waals surface area contributed by atoms with Crippen LogP contribution in [-0.4, -0.2) is 15.2 Å². The smallest absolute Gasteiger partial charge is 0.218 e. The second kappa shape index (κ2) is 6.66. The quantitative estimate of drug-likeness (QED) is 0.371. The number of nitrogens with zero attached hydrogens (tertiary/aromatic N) is 2. The summed E-state index contributed by atoms with van der Waals surface area (Å²) in [6.07, 6.45) is 0. The van der Waals surface area contributed by atoms with Gasteiger partial charge in [0.1, 0.15) is 0 Å². The van der Waals surface area contributed by atoms with E-state index in [1.54, 1.807) is 18.2 Å². The number of hydrogen-bond donors (Lipinski definition) is 3. The summed E-state index contributed by atoms with van der Waals surface area (Å²) in [5.74, 6) is -0.0683. The van der Waals surface area contributed by atoms with Gasteiger partial charge in [0.25, 0.3) is 0 Å². The van der Waals surface area contributed by atoms with Crippen LogP contribution in [0.5, 0.6) is 5.88 Å². The minimum atomic E-state index is -0.0683. The van der Waals surface area contributed by atoms with Gasteiger partial charge in [-0.2, -0.15) is 0 Å². The van der Waals surface area contributed by atoms with Crippen molar-refractivity contribution in [2.45, 2.75) is 0 Å². The molecule has 8 heteroatoms. The van der Waals surface area contributed by atoms with E-state index in [-0.39, 0.29) is 11.0 Å². The summed E-state index contributed by atoms with van der Waals surface area (Å²) in [6, 6.07) is 12.6. The summed E-state index contributed by atoms with van der Waals surface area (Å²) < 4.78 is 0.825. The maximum Gasteiger partial charge on any atom is 0.218 e. The Bertz CT molecular complexity index is 925. The molecule has 2 aromatic carbocycles. The maximum atomic E-state index is 9.99. The van der Waals surface area contributed by atoms with Crippen molar-refractivity contribution in [3.8, 4) is 5.88 Å². The van der Waals surface area contributed by atoms with Crippen LogP contribution >= 0.6 is 39.7 Å². The van der Waals surface area contributed by atoms with Gasteiger partial charge in [0, 0.05) is 20.6 Å². The van der Waals surface area contributed by atoms with Gasteiger partial charge >= 0.3 is 0 Å². The van der Waals surface area contributed by atoms with Crippen LogP contribution in [0.25, 0.3) is 10.9 Å². The number of rotatable bonds is 2. The van der Waals surface area contributed by atoms with Gasteiger partial charge in [0.05, 0.1) is 5.52 Å². The van der Waals surface area contributed by atoms with Crippen molar-refractivity contribution in [3.05, 3.63) is 52.0 Å². The SMILES string of the molecule is Oc1[nH]c2c(Br)cccc2c1N=NC(=S)Nc1cccc(Cl)c1. The first-order chi connectivity index (χ1) is 11.0. The number of aromatic hydroxyl groups is 1. The zero-order chi connectivity index (χ0) is 16.4. The largest absolute Gasteiger partial charge is 0.493 e. The summed E-state index contributed by atoms with van der Waals surface area (Å²) in [4.78, 5) is 2.85. The fraction of sp³-hybridized carbons (Fsp3) is 0. The van der Waals surface area contributed by atoms with Crippen LogP contribution in [-0.2, 0) is 0 Å². The van der Waals surface area contributed by atoms with Gasteiger partial charge in [-0.3, -0.25) is 0 Å². The zero-order valence-corrected chi connectivity index (χ0v) is 14.7. The number of anilines is 1. The average molecular weight is 410 g/mol. The van der Waals surface area contributed by atoms with Crippen molar-refractivity contribution in [2.24, 2.45) is 10.2 Å². The lowest BCUT2D eigenvalue weighted by atomic mass is 10.2. The topological polar surface area (TPSA) is 72.8 Å². The van der Waals surface area contributed by atoms with Crippen molar-refractivity contribution in [1.82, 2.24) is 4.98 Å². The van der Waals surface area contributed by atoms with Crippen LogP contribution in [0.4, 0.5) is 11.4 Å². The molecule has 3 aromatic rings. The van der Waals surface area contributed by atoms with Gasteiger partial charge in [0.2, 0.25) is 11.0 Å². The molecule has 3 N–H and O–H groups in total. The van der Waals surface area contributed by atoms with Gasteiger partial charge in [0.15, 0.2) is 5.69 Å². The highest BCUT2D eigenvalue weighted by Crippen LogP contribution is 2.38. The van der Waals surface area contributed by atoms with Crippen LogP contribution in [0.1, 0.15) is 0 Å². The summed E-state index contributed by atoms with van der Waals surface area (Å²) in [5.41, 5.74) is 1.79.